The van der Waals surface area contributed by atoms with E-state index in [1.165, 1.54) is 0 Å². The summed E-state index contributed by atoms with van der Waals surface area (Å²) >= 11 is 0. The van der Waals surface area contributed by atoms with Crippen molar-refractivity contribution in [1.82, 2.24) is 0 Å². The predicted molar refractivity (Wildman–Crippen MR) is 75.5 cm³/mol. The summed E-state index contributed by atoms with van der Waals surface area (Å²) in [6.07, 6.45) is 0. The normalized spacial score (nSPS) is 10.1. The van der Waals surface area contributed by atoms with E-state index in [0.29, 0.717) is 12.4 Å². The second-order valence-electron chi connectivity index (χ2n) is 4.41. The number of rotatable bonds is 5. The fourth-order valence-corrected chi connectivity index (χ4v) is 1.84. The molecule has 0 aliphatic carbocycles. The highest BCUT2D eigenvalue weighted by atomic mass is 16.5. The summed E-state index contributed by atoms with van der Waals surface area (Å²) in [7, 11) is 1.61. The molecule has 0 spiro atoms. The zero-order valence-electron chi connectivity index (χ0n) is 11.4. The highest BCUT2D eigenvalue weighted by molar-refractivity contribution is 5.87. The Morgan fingerprint density at radius 1 is 1.15 bits per heavy atom. The maximum absolute atomic E-state index is 10.9. The van der Waals surface area contributed by atoms with Crippen LogP contribution in [0.4, 0.5) is 0 Å². The topological polar surface area (TPSA) is 55.8 Å². The number of ether oxygens (including phenoxy) is 2. The maximum atomic E-state index is 10.9. The van der Waals surface area contributed by atoms with E-state index in [2.05, 4.69) is 0 Å². The largest absolute Gasteiger partial charge is 0.497 e. The fraction of sp³-hybridized carbons (Fsp3) is 0.188. The zero-order valence-corrected chi connectivity index (χ0v) is 11.4. The first-order valence-corrected chi connectivity index (χ1v) is 6.20. The van der Waals surface area contributed by atoms with Crippen molar-refractivity contribution in [1.29, 1.82) is 0 Å². The second kappa shape index (κ2) is 6.10. The van der Waals surface area contributed by atoms with Crippen LogP contribution in [0.3, 0.4) is 0 Å². The molecular formula is C16H16O4. The highest BCUT2D eigenvalue weighted by Gasteiger charge is 2.06. The van der Waals surface area contributed by atoms with E-state index in [9.17, 15) is 4.79 Å². The van der Waals surface area contributed by atoms with E-state index < -0.39 is 5.97 Å². The third-order valence-corrected chi connectivity index (χ3v) is 3.03. The van der Waals surface area contributed by atoms with E-state index in [0.717, 1.165) is 16.9 Å². The number of hydrogen-bond donors (Lipinski definition) is 1. The molecule has 20 heavy (non-hydrogen) atoms. The van der Waals surface area contributed by atoms with Crippen LogP contribution in [0.5, 0.6) is 11.5 Å². The number of aromatic carboxylic acids is 1. The van der Waals surface area contributed by atoms with Gasteiger partial charge < -0.3 is 14.6 Å². The molecule has 0 fully saturated rings. The van der Waals surface area contributed by atoms with Gasteiger partial charge in [0, 0.05) is 6.07 Å². The van der Waals surface area contributed by atoms with E-state index in [4.69, 9.17) is 14.6 Å². The van der Waals surface area contributed by atoms with Crippen molar-refractivity contribution >= 4 is 5.97 Å². The molecule has 0 bridgehead atoms. The lowest BCUT2D eigenvalue weighted by molar-refractivity contribution is 0.0696. The van der Waals surface area contributed by atoms with Gasteiger partial charge in [-0.15, -0.1) is 0 Å². The number of carboxylic acids is 1. The fourth-order valence-electron chi connectivity index (χ4n) is 1.84. The molecule has 0 saturated carbocycles. The van der Waals surface area contributed by atoms with Crippen LogP contribution in [0.2, 0.25) is 0 Å². The molecule has 0 unspecified atom stereocenters. The van der Waals surface area contributed by atoms with Crippen molar-refractivity contribution in [2.45, 2.75) is 13.5 Å². The maximum Gasteiger partial charge on any atom is 0.335 e. The van der Waals surface area contributed by atoms with Crippen molar-refractivity contribution in [2.75, 3.05) is 7.11 Å². The Morgan fingerprint density at radius 3 is 2.55 bits per heavy atom. The van der Waals surface area contributed by atoms with Crippen molar-refractivity contribution in [2.24, 2.45) is 0 Å². The number of carboxylic acid groups (broad SMARTS) is 1. The first-order chi connectivity index (χ1) is 9.60. The summed E-state index contributed by atoms with van der Waals surface area (Å²) in [5.74, 6) is 0.528. The Kier molecular flexibility index (Phi) is 4.25. The third kappa shape index (κ3) is 3.29. The Balaban J connectivity index is 2.08. The predicted octanol–water partition coefficient (Wildman–Crippen LogP) is 3.28. The Morgan fingerprint density at radius 2 is 1.90 bits per heavy atom. The molecule has 0 aliphatic rings. The van der Waals surface area contributed by atoms with Crippen LogP contribution in [-0.2, 0) is 6.61 Å². The minimum Gasteiger partial charge on any atom is -0.497 e. The summed E-state index contributed by atoms with van der Waals surface area (Å²) in [6.45, 7) is 2.26. The first kappa shape index (κ1) is 13.9. The molecule has 0 radical (unpaired) electrons. The summed E-state index contributed by atoms with van der Waals surface area (Å²) in [5, 5.41) is 8.92. The summed E-state index contributed by atoms with van der Waals surface area (Å²) in [5.41, 5.74) is 2.14. The summed E-state index contributed by atoms with van der Waals surface area (Å²) in [4.78, 5) is 10.9. The van der Waals surface area contributed by atoms with Gasteiger partial charge in [0.25, 0.3) is 0 Å². The van der Waals surface area contributed by atoms with Crippen LogP contribution in [0.15, 0.2) is 42.5 Å². The van der Waals surface area contributed by atoms with Gasteiger partial charge in [0.15, 0.2) is 0 Å². The molecule has 4 heteroatoms. The molecule has 1 N–H and O–H groups in total. The molecular weight excluding hydrogens is 256 g/mol. The number of hydrogen-bond acceptors (Lipinski definition) is 3. The number of methoxy groups -OCH3 is 1. The molecule has 2 rings (SSSR count). The quantitative estimate of drug-likeness (QED) is 0.907. The minimum absolute atomic E-state index is 0.285. The molecule has 0 aliphatic heterocycles. The SMILES string of the molecule is COc1cccc(OCc2ccc(C(=O)O)cc2C)c1. The van der Waals surface area contributed by atoms with Gasteiger partial charge in [-0.25, -0.2) is 4.79 Å². The van der Waals surface area contributed by atoms with Gasteiger partial charge in [0.1, 0.15) is 18.1 Å². The van der Waals surface area contributed by atoms with Crippen molar-refractivity contribution in [3.8, 4) is 11.5 Å². The smallest absolute Gasteiger partial charge is 0.335 e. The van der Waals surface area contributed by atoms with Gasteiger partial charge in [-0.2, -0.15) is 0 Å². The average molecular weight is 272 g/mol. The molecule has 0 atom stereocenters. The van der Waals surface area contributed by atoms with E-state index in [-0.39, 0.29) is 5.56 Å². The van der Waals surface area contributed by atoms with Crippen molar-refractivity contribution < 1.29 is 19.4 Å². The molecule has 0 heterocycles. The van der Waals surface area contributed by atoms with Crippen LogP contribution >= 0.6 is 0 Å². The molecule has 4 nitrogen and oxygen atoms in total. The highest BCUT2D eigenvalue weighted by Crippen LogP contribution is 2.21. The van der Waals surface area contributed by atoms with Gasteiger partial charge in [-0.1, -0.05) is 12.1 Å². The molecule has 0 saturated heterocycles. The summed E-state index contributed by atoms with van der Waals surface area (Å²) < 4.78 is 10.8. The zero-order chi connectivity index (χ0) is 14.5. The van der Waals surface area contributed by atoms with Crippen LogP contribution < -0.4 is 9.47 Å². The standard InChI is InChI=1S/C16H16O4/c1-11-8-12(16(17)18)6-7-13(11)10-20-15-5-3-4-14(9-15)19-2/h3-9H,10H2,1-2H3,(H,17,18). The van der Waals surface area contributed by atoms with Crippen LogP contribution in [0.1, 0.15) is 21.5 Å². The molecule has 104 valence electrons. The third-order valence-electron chi connectivity index (χ3n) is 3.03. The van der Waals surface area contributed by atoms with Crippen molar-refractivity contribution in [3.63, 3.8) is 0 Å². The van der Waals surface area contributed by atoms with Crippen LogP contribution in [-0.4, -0.2) is 18.2 Å². The van der Waals surface area contributed by atoms with E-state index in [1.54, 1.807) is 31.4 Å². The van der Waals surface area contributed by atoms with Gasteiger partial charge in [-0.05, 0) is 42.3 Å². The minimum atomic E-state index is -0.923. The van der Waals surface area contributed by atoms with Crippen molar-refractivity contribution in [3.05, 3.63) is 59.2 Å². The van der Waals surface area contributed by atoms with E-state index in [1.807, 2.05) is 25.1 Å². The average Bonchev–Trinajstić information content (AvgIpc) is 2.46. The molecule has 2 aromatic rings. The first-order valence-electron chi connectivity index (χ1n) is 6.20. The molecule has 0 aromatic heterocycles. The lowest BCUT2D eigenvalue weighted by Crippen LogP contribution is -2.02. The van der Waals surface area contributed by atoms with Gasteiger partial charge in [0.2, 0.25) is 0 Å². The summed E-state index contributed by atoms with van der Waals surface area (Å²) in [6, 6.07) is 12.4. The van der Waals surface area contributed by atoms with Crippen LogP contribution in [0.25, 0.3) is 0 Å². The van der Waals surface area contributed by atoms with Gasteiger partial charge in [0.05, 0.1) is 12.7 Å². The Labute approximate surface area is 117 Å². The van der Waals surface area contributed by atoms with Gasteiger partial charge >= 0.3 is 5.97 Å². The number of carbonyl (C=O) groups is 1. The lowest BCUT2D eigenvalue weighted by atomic mass is 10.1. The van der Waals surface area contributed by atoms with Gasteiger partial charge in [-0.3, -0.25) is 0 Å². The van der Waals surface area contributed by atoms with E-state index >= 15 is 0 Å². The van der Waals surface area contributed by atoms with Crippen LogP contribution in [0, 0.1) is 6.92 Å². The molecule has 0 amide bonds. The number of benzene rings is 2. The Hall–Kier alpha value is -2.49. The lowest BCUT2D eigenvalue weighted by Gasteiger charge is -2.10. The monoisotopic (exact) mass is 272 g/mol. The second-order valence-corrected chi connectivity index (χ2v) is 4.41. The Bertz CT molecular complexity index is 620. The number of aryl methyl sites for hydroxylation is 1. The molecule has 2 aromatic carbocycles.